The summed E-state index contributed by atoms with van der Waals surface area (Å²) in [5, 5.41) is -0.391. The Balaban J connectivity index is 2.46. The number of hydrogen-bond acceptors (Lipinski definition) is 3. The van der Waals surface area contributed by atoms with Gasteiger partial charge in [0.25, 0.3) is 0 Å². The summed E-state index contributed by atoms with van der Waals surface area (Å²) in [6.07, 6.45) is 0.681. The highest BCUT2D eigenvalue weighted by Gasteiger charge is 2.31. The molecule has 0 radical (unpaired) electrons. The number of halogens is 1. The summed E-state index contributed by atoms with van der Waals surface area (Å²) in [6, 6.07) is 0. The van der Waals surface area contributed by atoms with Gasteiger partial charge in [0.15, 0.2) is 0 Å². The number of ether oxygens (including phenoxy) is 1. The zero-order chi connectivity index (χ0) is 9.42. The predicted octanol–water partition coefficient (Wildman–Crippen LogP) is 0.208. The van der Waals surface area contributed by atoms with Crippen LogP contribution in [0.4, 0.5) is 0 Å². The SMILES string of the molecule is NC(=O)C1=C2CCOC2=NCC1Cl. The van der Waals surface area contributed by atoms with Gasteiger partial charge in [-0.15, -0.1) is 11.6 Å². The molecule has 0 aromatic carbocycles. The average Bonchev–Trinajstić information content (AvgIpc) is 2.50. The number of hydrogen-bond donors (Lipinski definition) is 1. The summed E-state index contributed by atoms with van der Waals surface area (Å²) in [4.78, 5) is 15.2. The van der Waals surface area contributed by atoms with Crippen molar-refractivity contribution in [2.45, 2.75) is 11.8 Å². The second-order valence-electron chi connectivity index (χ2n) is 2.97. The van der Waals surface area contributed by atoms with E-state index in [-0.39, 0.29) is 0 Å². The molecular formula is C8H9ClN2O2. The average molecular weight is 201 g/mol. The van der Waals surface area contributed by atoms with Crippen LogP contribution in [-0.4, -0.2) is 30.3 Å². The van der Waals surface area contributed by atoms with Crippen molar-refractivity contribution < 1.29 is 9.53 Å². The van der Waals surface area contributed by atoms with E-state index < -0.39 is 11.3 Å². The van der Waals surface area contributed by atoms with Gasteiger partial charge in [-0.3, -0.25) is 4.79 Å². The van der Waals surface area contributed by atoms with Gasteiger partial charge in [0.05, 0.1) is 18.5 Å². The third-order valence-electron chi connectivity index (χ3n) is 2.15. The number of aliphatic imine (C=N–C) groups is 1. The molecule has 0 aromatic heterocycles. The van der Waals surface area contributed by atoms with E-state index in [1.165, 1.54) is 0 Å². The number of amides is 1. The molecule has 0 saturated carbocycles. The van der Waals surface area contributed by atoms with E-state index in [0.29, 0.717) is 31.0 Å². The van der Waals surface area contributed by atoms with Crippen molar-refractivity contribution in [1.29, 1.82) is 0 Å². The Labute approximate surface area is 80.4 Å². The minimum Gasteiger partial charge on any atom is -0.477 e. The minimum absolute atomic E-state index is 0.374. The lowest BCUT2D eigenvalue weighted by Gasteiger charge is -2.16. The van der Waals surface area contributed by atoms with Crippen LogP contribution in [0.1, 0.15) is 6.42 Å². The van der Waals surface area contributed by atoms with Crippen LogP contribution in [-0.2, 0) is 9.53 Å². The molecule has 1 amide bonds. The van der Waals surface area contributed by atoms with Gasteiger partial charge in [0.1, 0.15) is 0 Å². The molecule has 2 rings (SSSR count). The van der Waals surface area contributed by atoms with E-state index in [1.54, 1.807) is 0 Å². The van der Waals surface area contributed by atoms with Crippen LogP contribution < -0.4 is 5.73 Å². The molecule has 2 aliphatic rings. The Bertz CT molecular complexity index is 322. The molecule has 1 unspecified atom stereocenters. The second kappa shape index (κ2) is 3.03. The van der Waals surface area contributed by atoms with Gasteiger partial charge in [-0.05, 0) is 0 Å². The van der Waals surface area contributed by atoms with E-state index in [4.69, 9.17) is 22.1 Å². The standard InChI is InChI=1S/C8H9ClN2O2/c9-5-3-11-8-4(1-2-13-8)6(5)7(10)12/h5H,1-3H2,(H2,10,12). The summed E-state index contributed by atoms with van der Waals surface area (Å²) in [5.74, 6) is 0.0820. The number of carbonyl (C=O) groups excluding carboxylic acids is 1. The number of rotatable bonds is 1. The van der Waals surface area contributed by atoms with Crippen molar-refractivity contribution in [1.82, 2.24) is 0 Å². The van der Waals surface area contributed by atoms with Crippen molar-refractivity contribution in [3.8, 4) is 0 Å². The van der Waals surface area contributed by atoms with Crippen LogP contribution in [0.25, 0.3) is 0 Å². The van der Waals surface area contributed by atoms with Crippen molar-refractivity contribution in [3.63, 3.8) is 0 Å². The third kappa shape index (κ3) is 1.31. The molecule has 13 heavy (non-hydrogen) atoms. The molecule has 2 N–H and O–H groups in total. The lowest BCUT2D eigenvalue weighted by atomic mass is 10.0. The van der Waals surface area contributed by atoms with Gasteiger partial charge < -0.3 is 10.5 Å². The Kier molecular flexibility index (Phi) is 2.00. The Hall–Kier alpha value is -1.03. The second-order valence-corrected chi connectivity index (χ2v) is 3.50. The number of dihydropyridines is 1. The lowest BCUT2D eigenvalue weighted by molar-refractivity contribution is -0.114. The molecule has 0 aliphatic carbocycles. The first-order valence-corrected chi connectivity index (χ1v) is 4.48. The fourth-order valence-electron chi connectivity index (χ4n) is 1.58. The summed E-state index contributed by atoms with van der Waals surface area (Å²) >= 11 is 5.92. The van der Waals surface area contributed by atoms with Crippen LogP contribution >= 0.6 is 11.6 Å². The fraction of sp³-hybridized carbons (Fsp3) is 0.500. The van der Waals surface area contributed by atoms with Crippen LogP contribution in [0.3, 0.4) is 0 Å². The number of alkyl halides is 1. The van der Waals surface area contributed by atoms with Gasteiger partial charge >= 0.3 is 0 Å². The monoisotopic (exact) mass is 200 g/mol. The molecule has 1 saturated heterocycles. The summed E-state index contributed by atoms with van der Waals surface area (Å²) in [5.41, 5.74) is 6.49. The molecular weight excluding hydrogens is 192 g/mol. The first kappa shape index (κ1) is 8.56. The van der Waals surface area contributed by atoms with E-state index in [1.807, 2.05) is 0 Å². The predicted molar refractivity (Wildman–Crippen MR) is 48.7 cm³/mol. The summed E-state index contributed by atoms with van der Waals surface area (Å²) < 4.78 is 5.21. The number of primary amides is 1. The number of fused-ring (bicyclic) bond motifs is 1. The van der Waals surface area contributed by atoms with Crippen LogP contribution in [0.15, 0.2) is 16.1 Å². The molecule has 2 heterocycles. The van der Waals surface area contributed by atoms with Crippen molar-refractivity contribution >= 4 is 23.4 Å². The quantitative estimate of drug-likeness (QED) is 0.615. The molecule has 1 fully saturated rings. The Morgan fingerprint density at radius 2 is 2.46 bits per heavy atom. The van der Waals surface area contributed by atoms with E-state index in [9.17, 15) is 4.79 Å². The van der Waals surface area contributed by atoms with Gasteiger partial charge in [-0.25, -0.2) is 4.99 Å². The van der Waals surface area contributed by atoms with E-state index >= 15 is 0 Å². The highest BCUT2D eigenvalue weighted by molar-refractivity contribution is 6.27. The Morgan fingerprint density at radius 1 is 1.69 bits per heavy atom. The number of carbonyl (C=O) groups is 1. The summed E-state index contributed by atoms with van der Waals surface area (Å²) in [6.45, 7) is 0.938. The van der Waals surface area contributed by atoms with Crippen molar-refractivity contribution in [3.05, 3.63) is 11.1 Å². The fourth-order valence-corrected chi connectivity index (χ4v) is 1.89. The van der Waals surface area contributed by atoms with Crippen molar-refractivity contribution in [2.75, 3.05) is 13.2 Å². The zero-order valence-corrected chi connectivity index (χ0v) is 7.67. The van der Waals surface area contributed by atoms with Gasteiger partial charge in [0, 0.05) is 17.6 Å². The molecule has 0 aromatic rings. The first-order chi connectivity index (χ1) is 6.20. The van der Waals surface area contributed by atoms with Gasteiger partial charge in [-0.2, -0.15) is 0 Å². The molecule has 4 nitrogen and oxygen atoms in total. The minimum atomic E-state index is -0.465. The molecule has 5 heteroatoms. The first-order valence-electron chi connectivity index (χ1n) is 4.04. The third-order valence-corrected chi connectivity index (χ3v) is 2.50. The topological polar surface area (TPSA) is 64.7 Å². The zero-order valence-electron chi connectivity index (χ0n) is 6.92. The lowest BCUT2D eigenvalue weighted by Crippen LogP contribution is -2.29. The van der Waals surface area contributed by atoms with Gasteiger partial charge in [0.2, 0.25) is 11.8 Å². The molecule has 70 valence electrons. The normalized spacial score (nSPS) is 26.5. The Morgan fingerprint density at radius 3 is 3.15 bits per heavy atom. The van der Waals surface area contributed by atoms with Crippen LogP contribution in [0, 0.1) is 0 Å². The maximum Gasteiger partial charge on any atom is 0.246 e. The largest absolute Gasteiger partial charge is 0.477 e. The number of nitrogens with zero attached hydrogens (tertiary/aromatic N) is 1. The highest BCUT2D eigenvalue weighted by atomic mass is 35.5. The molecule has 0 bridgehead atoms. The smallest absolute Gasteiger partial charge is 0.246 e. The maximum atomic E-state index is 11.1. The summed E-state index contributed by atoms with van der Waals surface area (Å²) in [7, 11) is 0. The van der Waals surface area contributed by atoms with E-state index in [2.05, 4.69) is 4.99 Å². The van der Waals surface area contributed by atoms with Crippen molar-refractivity contribution in [2.24, 2.45) is 10.7 Å². The van der Waals surface area contributed by atoms with Crippen LogP contribution in [0.2, 0.25) is 0 Å². The molecule has 2 aliphatic heterocycles. The van der Waals surface area contributed by atoms with Crippen LogP contribution in [0.5, 0.6) is 0 Å². The molecule has 0 spiro atoms. The van der Waals surface area contributed by atoms with Gasteiger partial charge in [-0.1, -0.05) is 0 Å². The maximum absolute atomic E-state index is 11.1. The van der Waals surface area contributed by atoms with E-state index in [0.717, 1.165) is 5.57 Å². The highest BCUT2D eigenvalue weighted by Crippen LogP contribution is 2.27. The molecule has 1 atom stereocenters. The number of nitrogens with two attached hydrogens (primary N) is 1.